The van der Waals surface area contributed by atoms with Gasteiger partial charge in [-0.05, 0) is 70.8 Å². The summed E-state index contributed by atoms with van der Waals surface area (Å²) < 4.78 is 26.7. The third-order valence-electron chi connectivity index (χ3n) is 5.36. The van der Waals surface area contributed by atoms with Crippen LogP contribution in [0.3, 0.4) is 0 Å². The van der Waals surface area contributed by atoms with Gasteiger partial charge in [-0.1, -0.05) is 96.0 Å². The molecular formula is C30H22Cl2F2S. The van der Waals surface area contributed by atoms with Gasteiger partial charge in [0.05, 0.1) is 0 Å². The first kappa shape index (κ1) is 25.2. The van der Waals surface area contributed by atoms with Crippen LogP contribution in [0.4, 0.5) is 8.78 Å². The second kappa shape index (κ2) is 12.2. The standard InChI is InChI=1S/C30H22Cl2F2S/c31-25-11-7-23(8-12-25)29(19-5-21-1-15-27(33)16-2-21)35-30(24-9-13-26(32)14-10-24)20-6-22-3-17-28(34)18-4-22/h1-20,29-30H/b19-5-,20-6-. The van der Waals surface area contributed by atoms with Gasteiger partial charge in [0.1, 0.15) is 11.6 Å². The third kappa shape index (κ3) is 7.57. The van der Waals surface area contributed by atoms with Crippen LogP contribution >= 0.6 is 35.0 Å². The Morgan fingerprint density at radius 3 is 1.20 bits per heavy atom. The predicted molar refractivity (Wildman–Crippen MR) is 147 cm³/mol. The molecule has 0 saturated carbocycles. The molecule has 0 aliphatic heterocycles. The first-order valence-corrected chi connectivity index (χ1v) is 12.7. The van der Waals surface area contributed by atoms with Crippen molar-refractivity contribution in [1.29, 1.82) is 0 Å². The largest absolute Gasteiger partial charge is 0.207 e. The number of thioether (sulfide) groups is 1. The summed E-state index contributed by atoms with van der Waals surface area (Å²) in [5.74, 6) is -0.529. The number of hydrogen-bond acceptors (Lipinski definition) is 1. The number of benzene rings is 4. The van der Waals surface area contributed by atoms with Crippen molar-refractivity contribution in [3.8, 4) is 0 Å². The van der Waals surface area contributed by atoms with Crippen LogP contribution in [0.2, 0.25) is 10.0 Å². The molecule has 4 rings (SSSR count). The highest BCUT2D eigenvalue weighted by molar-refractivity contribution is 8.00. The third-order valence-corrected chi connectivity index (χ3v) is 7.31. The fourth-order valence-corrected chi connectivity index (χ4v) is 5.01. The molecule has 176 valence electrons. The highest BCUT2D eigenvalue weighted by atomic mass is 35.5. The number of hydrogen-bond donors (Lipinski definition) is 0. The lowest BCUT2D eigenvalue weighted by Gasteiger charge is -2.20. The van der Waals surface area contributed by atoms with Crippen molar-refractivity contribution in [2.75, 3.05) is 0 Å². The molecule has 0 aliphatic carbocycles. The molecule has 5 heteroatoms. The fourth-order valence-electron chi connectivity index (χ4n) is 3.48. The van der Waals surface area contributed by atoms with Crippen molar-refractivity contribution < 1.29 is 8.78 Å². The van der Waals surface area contributed by atoms with Crippen LogP contribution in [-0.4, -0.2) is 0 Å². The van der Waals surface area contributed by atoms with Gasteiger partial charge in [0.15, 0.2) is 0 Å². The van der Waals surface area contributed by atoms with Crippen molar-refractivity contribution in [2.24, 2.45) is 0 Å². The average Bonchev–Trinajstić information content (AvgIpc) is 2.87. The molecule has 0 fully saturated rings. The second-order valence-electron chi connectivity index (χ2n) is 7.90. The molecule has 0 aromatic heterocycles. The van der Waals surface area contributed by atoms with Crippen molar-refractivity contribution in [2.45, 2.75) is 10.5 Å². The van der Waals surface area contributed by atoms with Crippen LogP contribution in [0.15, 0.2) is 109 Å². The molecule has 0 amide bonds. The van der Waals surface area contributed by atoms with Crippen molar-refractivity contribution in [3.05, 3.63) is 153 Å². The van der Waals surface area contributed by atoms with E-state index in [1.54, 1.807) is 36.0 Å². The van der Waals surface area contributed by atoms with Crippen molar-refractivity contribution in [3.63, 3.8) is 0 Å². The highest BCUT2D eigenvalue weighted by Crippen LogP contribution is 2.43. The molecule has 0 aliphatic rings. The molecule has 0 radical (unpaired) electrons. The second-order valence-corrected chi connectivity index (χ2v) is 10.1. The summed E-state index contributed by atoms with van der Waals surface area (Å²) >= 11 is 14.0. The summed E-state index contributed by atoms with van der Waals surface area (Å²) in [4.78, 5) is 0. The Balaban J connectivity index is 1.67. The highest BCUT2D eigenvalue weighted by Gasteiger charge is 2.17. The summed E-state index contributed by atoms with van der Waals surface area (Å²) in [6.07, 6.45) is 8.20. The predicted octanol–water partition coefficient (Wildman–Crippen LogP) is 10.2. The molecule has 0 spiro atoms. The maximum absolute atomic E-state index is 13.3. The van der Waals surface area contributed by atoms with Crippen LogP contribution in [0.25, 0.3) is 12.2 Å². The van der Waals surface area contributed by atoms with Crippen LogP contribution in [0.1, 0.15) is 32.8 Å². The topological polar surface area (TPSA) is 0 Å². The first-order chi connectivity index (χ1) is 17.0. The maximum atomic E-state index is 13.3. The van der Waals surface area contributed by atoms with Gasteiger partial charge in [-0.3, -0.25) is 0 Å². The molecule has 4 aromatic rings. The van der Waals surface area contributed by atoms with E-state index in [9.17, 15) is 8.78 Å². The lowest BCUT2D eigenvalue weighted by Crippen LogP contribution is -1.97. The van der Waals surface area contributed by atoms with Crippen molar-refractivity contribution in [1.82, 2.24) is 0 Å². The minimum Gasteiger partial charge on any atom is -0.207 e. The Bertz CT molecular complexity index is 1180. The average molecular weight is 523 g/mol. The van der Waals surface area contributed by atoms with Gasteiger partial charge in [-0.15, -0.1) is 11.8 Å². The Hall–Kier alpha value is -2.85. The summed E-state index contributed by atoms with van der Waals surface area (Å²) in [6.45, 7) is 0. The Kier molecular flexibility index (Phi) is 8.81. The van der Waals surface area contributed by atoms with E-state index >= 15 is 0 Å². The van der Waals surface area contributed by atoms with Crippen molar-refractivity contribution >= 4 is 47.1 Å². The summed E-state index contributed by atoms with van der Waals surface area (Å²) in [5, 5.41) is 1.31. The molecular weight excluding hydrogens is 501 g/mol. The van der Waals surface area contributed by atoms with Crippen LogP contribution in [-0.2, 0) is 0 Å². The molecule has 2 unspecified atom stereocenters. The van der Waals surface area contributed by atoms with Gasteiger partial charge in [-0.2, -0.15) is 0 Å². The Labute approximate surface area is 218 Å². The van der Waals surface area contributed by atoms with Gasteiger partial charge in [-0.25, -0.2) is 8.78 Å². The normalized spacial score (nSPS) is 13.4. The monoisotopic (exact) mass is 522 g/mol. The SMILES string of the molecule is Fc1ccc(/C=C\C(SC(/C=C\c2ccc(F)cc2)c2ccc(Cl)cc2)c2ccc(Cl)cc2)cc1. The molecule has 4 aromatic carbocycles. The lowest BCUT2D eigenvalue weighted by atomic mass is 10.1. The zero-order chi connectivity index (χ0) is 24.6. The van der Waals surface area contributed by atoms with Gasteiger partial charge < -0.3 is 0 Å². The van der Waals surface area contributed by atoms with Crippen LogP contribution < -0.4 is 0 Å². The van der Waals surface area contributed by atoms with Gasteiger partial charge in [0, 0.05) is 20.5 Å². The van der Waals surface area contributed by atoms with Gasteiger partial charge >= 0.3 is 0 Å². The van der Waals surface area contributed by atoms with E-state index in [0.717, 1.165) is 22.3 Å². The van der Waals surface area contributed by atoms with E-state index < -0.39 is 0 Å². The first-order valence-electron chi connectivity index (χ1n) is 11.0. The minimum atomic E-state index is -0.264. The Morgan fingerprint density at radius 1 is 0.514 bits per heavy atom. The van der Waals surface area contributed by atoms with E-state index in [0.29, 0.717) is 10.0 Å². The lowest BCUT2D eigenvalue weighted by molar-refractivity contribution is 0.627. The summed E-state index contributed by atoms with van der Waals surface area (Å²) in [6, 6.07) is 28.4. The van der Waals surface area contributed by atoms with E-state index in [1.165, 1.54) is 24.3 Å². The summed E-state index contributed by atoms with van der Waals surface area (Å²) in [7, 11) is 0. The van der Waals surface area contributed by atoms with Gasteiger partial charge in [0.25, 0.3) is 0 Å². The Morgan fingerprint density at radius 2 is 0.857 bits per heavy atom. The zero-order valence-corrected chi connectivity index (χ0v) is 21.0. The fraction of sp³-hybridized carbons (Fsp3) is 0.0667. The number of halogens is 4. The molecule has 0 saturated heterocycles. The van der Waals surface area contributed by atoms with E-state index in [2.05, 4.69) is 12.2 Å². The molecule has 0 nitrogen and oxygen atoms in total. The van der Waals surface area contributed by atoms with E-state index in [-0.39, 0.29) is 22.1 Å². The smallest absolute Gasteiger partial charge is 0.123 e. The molecule has 2 atom stereocenters. The number of rotatable bonds is 8. The van der Waals surface area contributed by atoms with E-state index in [1.807, 2.05) is 60.7 Å². The molecule has 0 bridgehead atoms. The quantitative estimate of drug-likeness (QED) is 0.221. The van der Waals surface area contributed by atoms with Gasteiger partial charge in [0.2, 0.25) is 0 Å². The van der Waals surface area contributed by atoms with E-state index in [4.69, 9.17) is 23.2 Å². The minimum absolute atomic E-state index is 0.0177. The molecule has 0 heterocycles. The van der Waals surface area contributed by atoms with Crippen LogP contribution in [0, 0.1) is 11.6 Å². The maximum Gasteiger partial charge on any atom is 0.123 e. The molecule has 35 heavy (non-hydrogen) atoms. The molecule has 0 N–H and O–H groups in total. The summed E-state index contributed by atoms with van der Waals surface area (Å²) in [5.41, 5.74) is 4.01. The van der Waals surface area contributed by atoms with Crippen LogP contribution in [0.5, 0.6) is 0 Å². The zero-order valence-electron chi connectivity index (χ0n) is 18.6.